The zero-order valence-corrected chi connectivity index (χ0v) is 9.08. The van der Waals surface area contributed by atoms with Crippen LogP contribution in [0.3, 0.4) is 0 Å². The molecule has 0 aliphatic heterocycles. The van der Waals surface area contributed by atoms with Crippen molar-refractivity contribution in [3.63, 3.8) is 0 Å². The Bertz CT molecular complexity index is 112. The van der Waals surface area contributed by atoms with Gasteiger partial charge in [-0.1, -0.05) is 39.5 Å². The zero-order valence-electron chi connectivity index (χ0n) is 8.27. The molecule has 0 spiro atoms. The average Bonchev–Trinajstić information content (AvgIpc) is 2.10. The molecule has 0 fully saturated rings. The minimum Gasteiger partial charge on any atom is -0.487 e. The van der Waals surface area contributed by atoms with Gasteiger partial charge in [0.25, 0.3) is 0 Å². The van der Waals surface area contributed by atoms with E-state index in [0.29, 0.717) is 0 Å². The van der Waals surface area contributed by atoms with Crippen LogP contribution in [0.5, 0.6) is 0 Å². The molecule has 0 amide bonds. The third-order valence-electron chi connectivity index (χ3n) is 1.80. The van der Waals surface area contributed by atoms with Gasteiger partial charge in [0, 0.05) is 6.42 Å². The lowest BCUT2D eigenvalue weighted by atomic mass is 10.2. The van der Waals surface area contributed by atoms with Crippen molar-refractivity contribution in [3.8, 4) is 0 Å². The van der Waals surface area contributed by atoms with Crippen LogP contribution in [0.25, 0.3) is 0 Å². The molecule has 0 bridgehead atoms. The number of unbranched alkanes of at least 4 members (excludes halogenated alkanes) is 4. The second kappa shape index (κ2) is 8.98. The van der Waals surface area contributed by atoms with Crippen molar-refractivity contribution < 1.29 is 4.74 Å². The van der Waals surface area contributed by atoms with Crippen molar-refractivity contribution in [1.82, 2.24) is 0 Å². The largest absolute Gasteiger partial charge is 0.487 e. The maximum Gasteiger partial charge on any atom is 0.159 e. The molecule has 0 N–H and O–H groups in total. The Kier molecular flexibility index (Phi) is 8.90. The van der Waals surface area contributed by atoms with E-state index in [1.165, 1.54) is 25.7 Å². The Morgan fingerprint density at radius 1 is 1.08 bits per heavy atom. The Morgan fingerprint density at radius 3 is 2.33 bits per heavy atom. The highest BCUT2D eigenvalue weighted by Crippen LogP contribution is 2.02. The molecule has 0 aromatic rings. The lowest BCUT2D eigenvalue weighted by molar-refractivity contribution is 0.293. The summed E-state index contributed by atoms with van der Waals surface area (Å²) in [5.74, 6) is 0. The smallest absolute Gasteiger partial charge is 0.159 e. The summed E-state index contributed by atoms with van der Waals surface area (Å²) in [6.07, 6.45) is 7.27. The maximum atomic E-state index is 5.30. The van der Waals surface area contributed by atoms with Crippen molar-refractivity contribution in [2.45, 2.75) is 52.4 Å². The summed E-state index contributed by atoms with van der Waals surface area (Å²) >= 11 is 4.93. The number of ether oxygens (including phenoxy) is 1. The van der Waals surface area contributed by atoms with E-state index in [0.717, 1.165) is 24.5 Å². The topological polar surface area (TPSA) is 9.23 Å². The van der Waals surface area contributed by atoms with Gasteiger partial charge in [-0.3, -0.25) is 0 Å². The number of thiocarbonyl (C=S) groups is 1. The van der Waals surface area contributed by atoms with Gasteiger partial charge in [-0.05, 0) is 18.6 Å². The molecule has 0 atom stereocenters. The van der Waals surface area contributed by atoms with Gasteiger partial charge in [0.15, 0.2) is 5.05 Å². The summed E-state index contributed by atoms with van der Waals surface area (Å²) in [5, 5.41) is 0.755. The number of hydrogen-bond acceptors (Lipinski definition) is 2. The summed E-state index contributed by atoms with van der Waals surface area (Å²) in [5.41, 5.74) is 0. The normalized spacial score (nSPS) is 9.83. The molecule has 0 rings (SSSR count). The van der Waals surface area contributed by atoms with E-state index in [1.54, 1.807) is 0 Å². The molecule has 0 saturated heterocycles. The van der Waals surface area contributed by atoms with E-state index >= 15 is 0 Å². The molecule has 0 heterocycles. The van der Waals surface area contributed by atoms with Crippen LogP contribution in [0.1, 0.15) is 52.4 Å². The molecule has 0 aliphatic carbocycles. The molecule has 72 valence electrons. The van der Waals surface area contributed by atoms with Crippen LogP contribution in [0.2, 0.25) is 0 Å². The molecule has 12 heavy (non-hydrogen) atoms. The number of hydrogen-bond donors (Lipinski definition) is 0. The second-order valence-electron chi connectivity index (χ2n) is 2.99. The monoisotopic (exact) mass is 188 g/mol. The van der Waals surface area contributed by atoms with Gasteiger partial charge in [0.2, 0.25) is 0 Å². The quantitative estimate of drug-likeness (QED) is 0.445. The van der Waals surface area contributed by atoms with E-state index in [2.05, 4.69) is 6.92 Å². The third-order valence-corrected chi connectivity index (χ3v) is 2.21. The Hall–Kier alpha value is -0.110. The number of rotatable bonds is 7. The Morgan fingerprint density at radius 2 is 1.75 bits per heavy atom. The van der Waals surface area contributed by atoms with E-state index in [9.17, 15) is 0 Å². The average molecular weight is 188 g/mol. The zero-order chi connectivity index (χ0) is 9.23. The minimum absolute atomic E-state index is 0.755. The summed E-state index contributed by atoms with van der Waals surface area (Å²) in [4.78, 5) is 0. The summed E-state index contributed by atoms with van der Waals surface area (Å²) < 4.78 is 5.30. The fourth-order valence-electron chi connectivity index (χ4n) is 0.994. The van der Waals surface area contributed by atoms with E-state index in [-0.39, 0.29) is 0 Å². The molecule has 1 nitrogen and oxygen atoms in total. The van der Waals surface area contributed by atoms with Crippen LogP contribution in [-0.2, 0) is 4.74 Å². The predicted octanol–water partition coefficient (Wildman–Crippen LogP) is 3.71. The predicted molar refractivity (Wildman–Crippen MR) is 57.6 cm³/mol. The summed E-state index contributed by atoms with van der Waals surface area (Å²) in [6.45, 7) is 5.07. The highest BCUT2D eigenvalue weighted by Gasteiger charge is 1.93. The lowest BCUT2D eigenvalue weighted by Gasteiger charge is -2.04. The van der Waals surface area contributed by atoms with E-state index in [4.69, 9.17) is 17.0 Å². The van der Waals surface area contributed by atoms with Gasteiger partial charge in [0.1, 0.15) is 0 Å². The van der Waals surface area contributed by atoms with Crippen LogP contribution in [0, 0.1) is 0 Å². The second-order valence-corrected chi connectivity index (χ2v) is 3.44. The molecule has 0 radical (unpaired) electrons. The van der Waals surface area contributed by atoms with Crippen molar-refractivity contribution >= 4 is 17.3 Å². The first-order chi connectivity index (χ1) is 5.81. The molecule has 0 aliphatic rings. The van der Waals surface area contributed by atoms with Crippen LogP contribution in [-0.4, -0.2) is 11.7 Å². The molecule has 0 aromatic carbocycles. The van der Waals surface area contributed by atoms with Crippen molar-refractivity contribution in [1.29, 1.82) is 0 Å². The minimum atomic E-state index is 0.755. The van der Waals surface area contributed by atoms with Crippen LogP contribution in [0.4, 0.5) is 0 Å². The summed E-state index contributed by atoms with van der Waals surface area (Å²) in [6, 6.07) is 0. The van der Waals surface area contributed by atoms with Gasteiger partial charge in [0.05, 0.1) is 6.61 Å². The van der Waals surface area contributed by atoms with Gasteiger partial charge < -0.3 is 4.74 Å². The van der Waals surface area contributed by atoms with E-state index in [1.807, 2.05) is 6.92 Å². The fraction of sp³-hybridized carbons (Fsp3) is 0.900. The van der Waals surface area contributed by atoms with Gasteiger partial charge in [-0.25, -0.2) is 0 Å². The first-order valence-corrected chi connectivity index (χ1v) is 5.37. The molecule has 0 aromatic heterocycles. The van der Waals surface area contributed by atoms with E-state index < -0.39 is 0 Å². The molecular weight excluding hydrogens is 168 g/mol. The first kappa shape index (κ1) is 11.9. The Balaban J connectivity index is 2.95. The maximum absolute atomic E-state index is 5.30. The Labute approximate surface area is 81.5 Å². The third kappa shape index (κ3) is 7.99. The highest BCUT2D eigenvalue weighted by atomic mass is 32.1. The first-order valence-electron chi connectivity index (χ1n) is 4.96. The highest BCUT2D eigenvalue weighted by molar-refractivity contribution is 7.80. The van der Waals surface area contributed by atoms with Crippen molar-refractivity contribution in [2.75, 3.05) is 6.61 Å². The van der Waals surface area contributed by atoms with Crippen LogP contribution >= 0.6 is 12.2 Å². The molecule has 0 unspecified atom stereocenters. The van der Waals surface area contributed by atoms with Crippen molar-refractivity contribution in [2.24, 2.45) is 0 Å². The SMILES string of the molecule is CCCCCCCOC(=S)CC. The van der Waals surface area contributed by atoms with Crippen LogP contribution in [0.15, 0.2) is 0 Å². The fourth-order valence-corrected chi connectivity index (χ4v) is 1.08. The van der Waals surface area contributed by atoms with Crippen LogP contribution < -0.4 is 0 Å². The molecule has 2 heteroatoms. The summed E-state index contributed by atoms with van der Waals surface area (Å²) in [7, 11) is 0. The molecular formula is C10H20OS. The van der Waals surface area contributed by atoms with Gasteiger partial charge in [-0.2, -0.15) is 0 Å². The molecule has 0 saturated carbocycles. The lowest BCUT2D eigenvalue weighted by Crippen LogP contribution is -2.01. The van der Waals surface area contributed by atoms with Gasteiger partial charge >= 0.3 is 0 Å². The van der Waals surface area contributed by atoms with Gasteiger partial charge in [-0.15, -0.1) is 0 Å². The van der Waals surface area contributed by atoms with Crippen molar-refractivity contribution in [3.05, 3.63) is 0 Å². The standard InChI is InChI=1S/C10H20OS/c1-3-5-6-7-8-9-11-10(12)4-2/h3-9H2,1-2H3.